The van der Waals surface area contributed by atoms with E-state index >= 15 is 0 Å². The van der Waals surface area contributed by atoms with Crippen LogP contribution in [-0.2, 0) is 4.74 Å². The molecule has 0 radical (unpaired) electrons. The Balaban J connectivity index is 2.34. The van der Waals surface area contributed by atoms with Gasteiger partial charge in [0.15, 0.2) is 6.10 Å². The fourth-order valence-corrected chi connectivity index (χ4v) is 2.30. The standard InChI is InChI=1S/C12H17F2N3O4/c1-2-3-6(18)8-9(19)12(13,14)10(21-8)17-5-4-7(15)16-11(17)20/h4-6,8-10,18-19H,2-3H2,1H3,(H2,15,16,20)/t6-,8?,9+,10+/m0/s1. The number of ether oxygens (including phenoxy) is 1. The Labute approximate surface area is 119 Å². The Bertz CT molecular complexity index is 566. The predicted octanol–water partition coefficient (Wildman–Crippen LogP) is -0.120. The number of alkyl halides is 2. The van der Waals surface area contributed by atoms with Crippen LogP contribution in [0.25, 0.3) is 0 Å². The third-order valence-electron chi connectivity index (χ3n) is 3.39. The number of nitrogen functional groups attached to an aromatic ring is 1. The van der Waals surface area contributed by atoms with Crippen LogP contribution in [0.15, 0.2) is 17.1 Å². The van der Waals surface area contributed by atoms with E-state index < -0.39 is 36.2 Å². The molecule has 9 heteroatoms. The van der Waals surface area contributed by atoms with E-state index in [-0.39, 0.29) is 12.2 Å². The maximum Gasteiger partial charge on any atom is 0.351 e. The summed E-state index contributed by atoms with van der Waals surface area (Å²) in [4.78, 5) is 15.0. The molecule has 1 saturated heterocycles. The fraction of sp³-hybridized carbons (Fsp3) is 0.667. The average molecular weight is 305 g/mol. The monoisotopic (exact) mass is 305 g/mol. The van der Waals surface area contributed by atoms with Gasteiger partial charge in [0.2, 0.25) is 6.23 Å². The van der Waals surface area contributed by atoms with E-state index in [1.165, 1.54) is 6.07 Å². The highest BCUT2D eigenvalue weighted by atomic mass is 19.3. The minimum Gasteiger partial charge on any atom is -0.390 e. The molecule has 0 aromatic carbocycles. The van der Waals surface area contributed by atoms with Crippen molar-refractivity contribution in [1.82, 2.24) is 9.55 Å². The third-order valence-corrected chi connectivity index (χ3v) is 3.39. The molecule has 4 atom stereocenters. The first kappa shape index (κ1) is 15.8. The molecular formula is C12H17F2N3O4. The van der Waals surface area contributed by atoms with Crippen LogP contribution in [0.1, 0.15) is 26.0 Å². The summed E-state index contributed by atoms with van der Waals surface area (Å²) in [6.45, 7) is 1.76. The van der Waals surface area contributed by atoms with Crippen LogP contribution in [0.2, 0.25) is 0 Å². The molecule has 0 spiro atoms. The lowest BCUT2D eigenvalue weighted by Gasteiger charge is -2.21. The van der Waals surface area contributed by atoms with Gasteiger partial charge in [-0.2, -0.15) is 13.8 Å². The van der Waals surface area contributed by atoms with Crippen molar-refractivity contribution < 1.29 is 23.7 Å². The molecule has 2 rings (SSSR count). The number of aromatic nitrogens is 2. The number of rotatable bonds is 4. The van der Waals surface area contributed by atoms with Gasteiger partial charge in [0.05, 0.1) is 6.10 Å². The number of hydrogen-bond donors (Lipinski definition) is 3. The van der Waals surface area contributed by atoms with Crippen LogP contribution in [0.3, 0.4) is 0 Å². The molecule has 1 aliphatic rings. The number of nitrogens with zero attached hydrogens (tertiary/aromatic N) is 2. The molecule has 0 aliphatic carbocycles. The average Bonchev–Trinajstić information content (AvgIpc) is 2.62. The van der Waals surface area contributed by atoms with Gasteiger partial charge in [-0.25, -0.2) is 4.79 Å². The zero-order valence-electron chi connectivity index (χ0n) is 11.3. The summed E-state index contributed by atoms with van der Waals surface area (Å²) in [5.41, 5.74) is 4.28. The maximum atomic E-state index is 14.1. The number of anilines is 1. The van der Waals surface area contributed by atoms with Crippen LogP contribution >= 0.6 is 0 Å². The smallest absolute Gasteiger partial charge is 0.351 e. The topological polar surface area (TPSA) is 111 Å². The van der Waals surface area contributed by atoms with Crippen LogP contribution in [-0.4, -0.2) is 44.0 Å². The molecule has 2 heterocycles. The van der Waals surface area contributed by atoms with Crippen molar-refractivity contribution in [1.29, 1.82) is 0 Å². The second-order valence-electron chi connectivity index (χ2n) is 4.97. The lowest BCUT2D eigenvalue weighted by molar-refractivity contribution is -0.141. The summed E-state index contributed by atoms with van der Waals surface area (Å²) in [6.07, 6.45) is -5.23. The summed E-state index contributed by atoms with van der Waals surface area (Å²) >= 11 is 0. The van der Waals surface area contributed by atoms with Crippen LogP contribution in [0.4, 0.5) is 14.6 Å². The molecule has 4 N–H and O–H groups in total. The van der Waals surface area contributed by atoms with Gasteiger partial charge in [-0.15, -0.1) is 0 Å². The highest BCUT2D eigenvalue weighted by Gasteiger charge is 2.61. The highest BCUT2D eigenvalue weighted by molar-refractivity contribution is 5.23. The van der Waals surface area contributed by atoms with Gasteiger partial charge in [-0.1, -0.05) is 13.3 Å². The summed E-state index contributed by atoms with van der Waals surface area (Å²) in [5, 5.41) is 19.5. The van der Waals surface area contributed by atoms with E-state index in [1.54, 1.807) is 6.92 Å². The predicted molar refractivity (Wildman–Crippen MR) is 68.7 cm³/mol. The molecule has 1 aromatic rings. The van der Waals surface area contributed by atoms with Crippen molar-refractivity contribution in [3.63, 3.8) is 0 Å². The van der Waals surface area contributed by atoms with Gasteiger partial charge in [0.25, 0.3) is 0 Å². The summed E-state index contributed by atoms with van der Waals surface area (Å²) in [5.74, 6) is -3.85. The Morgan fingerprint density at radius 3 is 2.86 bits per heavy atom. The minimum absolute atomic E-state index is 0.110. The first-order chi connectivity index (χ1) is 9.78. The first-order valence-corrected chi connectivity index (χ1v) is 6.53. The van der Waals surface area contributed by atoms with Crippen molar-refractivity contribution in [3.05, 3.63) is 22.7 Å². The molecule has 21 heavy (non-hydrogen) atoms. The molecule has 1 aliphatic heterocycles. The lowest BCUT2D eigenvalue weighted by atomic mass is 10.0. The molecule has 0 saturated carbocycles. The summed E-state index contributed by atoms with van der Waals surface area (Å²) < 4.78 is 33.8. The van der Waals surface area contributed by atoms with Crippen molar-refractivity contribution in [3.8, 4) is 0 Å². The number of hydrogen-bond acceptors (Lipinski definition) is 6. The minimum atomic E-state index is -3.74. The zero-order chi connectivity index (χ0) is 15.8. The molecule has 1 unspecified atom stereocenters. The van der Waals surface area contributed by atoms with Crippen molar-refractivity contribution in [2.45, 2.75) is 50.2 Å². The Kier molecular flexibility index (Phi) is 4.26. The van der Waals surface area contributed by atoms with Crippen molar-refractivity contribution in [2.24, 2.45) is 0 Å². The maximum absolute atomic E-state index is 14.1. The summed E-state index contributed by atoms with van der Waals surface area (Å²) in [7, 11) is 0. The van der Waals surface area contributed by atoms with Crippen LogP contribution < -0.4 is 11.4 Å². The number of aliphatic hydroxyl groups excluding tert-OH is 2. The normalized spacial score (nSPS) is 29.5. The number of aliphatic hydroxyl groups is 2. The van der Waals surface area contributed by atoms with Crippen molar-refractivity contribution >= 4 is 5.82 Å². The number of halogens is 2. The van der Waals surface area contributed by atoms with E-state index in [4.69, 9.17) is 10.5 Å². The Hall–Kier alpha value is -1.58. The Morgan fingerprint density at radius 2 is 2.29 bits per heavy atom. The fourth-order valence-electron chi connectivity index (χ4n) is 2.30. The number of nitrogens with two attached hydrogens (primary N) is 1. The van der Waals surface area contributed by atoms with Crippen molar-refractivity contribution in [2.75, 3.05) is 5.73 Å². The molecule has 7 nitrogen and oxygen atoms in total. The van der Waals surface area contributed by atoms with Gasteiger partial charge in [-0.05, 0) is 12.5 Å². The second-order valence-corrected chi connectivity index (χ2v) is 4.97. The molecule has 1 fully saturated rings. The van der Waals surface area contributed by atoms with E-state index in [1.807, 2.05) is 0 Å². The van der Waals surface area contributed by atoms with Gasteiger partial charge in [0.1, 0.15) is 11.9 Å². The third kappa shape index (κ3) is 2.76. The highest BCUT2D eigenvalue weighted by Crippen LogP contribution is 2.43. The van der Waals surface area contributed by atoms with Gasteiger partial charge in [0, 0.05) is 6.20 Å². The zero-order valence-corrected chi connectivity index (χ0v) is 11.3. The largest absolute Gasteiger partial charge is 0.390 e. The van der Waals surface area contributed by atoms with Gasteiger partial charge in [-0.3, -0.25) is 4.57 Å². The lowest BCUT2D eigenvalue weighted by Crippen LogP contribution is -2.43. The quantitative estimate of drug-likeness (QED) is 0.715. The molecule has 0 bridgehead atoms. The van der Waals surface area contributed by atoms with Gasteiger partial charge < -0.3 is 20.7 Å². The van der Waals surface area contributed by atoms with Gasteiger partial charge >= 0.3 is 11.6 Å². The van der Waals surface area contributed by atoms with E-state index in [9.17, 15) is 23.8 Å². The molecule has 1 aromatic heterocycles. The van der Waals surface area contributed by atoms with Crippen LogP contribution in [0.5, 0.6) is 0 Å². The second kappa shape index (κ2) is 5.66. The van der Waals surface area contributed by atoms with E-state index in [0.717, 1.165) is 6.20 Å². The Morgan fingerprint density at radius 1 is 1.62 bits per heavy atom. The van der Waals surface area contributed by atoms with Crippen LogP contribution in [0, 0.1) is 0 Å². The summed E-state index contributed by atoms with van der Waals surface area (Å²) in [6, 6.07) is 1.17. The molecular weight excluding hydrogens is 288 g/mol. The first-order valence-electron chi connectivity index (χ1n) is 6.53. The molecule has 0 amide bonds. The van der Waals surface area contributed by atoms with E-state index in [0.29, 0.717) is 11.0 Å². The van der Waals surface area contributed by atoms with E-state index in [2.05, 4.69) is 4.98 Å². The SMILES string of the molecule is CCC[C@H](O)C1O[C@@H](n2ccc(N)nc2=O)C(F)(F)[C@@H]1O. The molecule has 118 valence electrons.